The highest BCUT2D eigenvalue weighted by molar-refractivity contribution is 6.59. The fourth-order valence-electron chi connectivity index (χ4n) is 3.89. The highest BCUT2D eigenvalue weighted by atomic mass is 35.5. The molecular formula is C21H19B6ClFN3O3. The third-order valence-corrected chi connectivity index (χ3v) is 6.12. The standard InChI is InChI=1S/C21H19B6ClFN3O3/c1-2-34-13-6-12(30)11(28)5-10(13)20(33)31-7-9-8-32(3-4-35-9)21(26,27)14-15(22)17(24)19(29)18(25)16(14)23/h5-6,9H,2-4,7-8,30H2,1H3,(H,31,33). The summed E-state index contributed by atoms with van der Waals surface area (Å²) in [6, 6.07) is 2.93. The molecule has 1 heterocycles. The molecule has 0 aromatic heterocycles. The lowest BCUT2D eigenvalue weighted by Crippen LogP contribution is -2.62. The second kappa shape index (κ2) is 11.0. The zero-order valence-corrected chi connectivity index (χ0v) is 20.0. The second-order valence-electron chi connectivity index (χ2n) is 8.12. The van der Waals surface area contributed by atoms with Crippen molar-refractivity contribution >= 4 is 92.1 Å². The molecule has 168 valence electrons. The maximum atomic E-state index is 14.2. The summed E-state index contributed by atoms with van der Waals surface area (Å²) in [6.07, 6.45) is -0.503. The van der Waals surface area contributed by atoms with Crippen LogP contribution >= 0.6 is 11.6 Å². The van der Waals surface area contributed by atoms with Gasteiger partial charge in [0.2, 0.25) is 0 Å². The summed E-state index contributed by atoms with van der Waals surface area (Å²) in [7, 11) is 36.3. The number of anilines is 1. The van der Waals surface area contributed by atoms with E-state index in [4.69, 9.17) is 73.9 Å². The van der Waals surface area contributed by atoms with Crippen molar-refractivity contribution in [2.24, 2.45) is 0 Å². The monoisotopic (exact) mass is 481 g/mol. The summed E-state index contributed by atoms with van der Waals surface area (Å²) in [5.41, 5.74) is 5.17. The van der Waals surface area contributed by atoms with Crippen LogP contribution in [0.1, 0.15) is 22.8 Å². The summed E-state index contributed by atoms with van der Waals surface area (Å²) >= 11 is 6.08. The van der Waals surface area contributed by atoms with Gasteiger partial charge in [0.15, 0.2) is 0 Å². The van der Waals surface area contributed by atoms with E-state index in [2.05, 4.69) is 5.32 Å². The number of amides is 1. The van der Waals surface area contributed by atoms with Gasteiger partial charge in [-0.15, -0.1) is 0 Å². The molecule has 6 nitrogen and oxygen atoms in total. The van der Waals surface area contributed by atoms with E-state index < -0.39 is 34.1 Å². The number of hydrogen-bond donors (Lipinski definition) is 2. The number of nitrogen functional groups attached to an aromatic ring is 1. The number of nitrogens with zero attached hydrogens (tertiary/aromatic N) is 1. The van der Waals surface area contributed by atoms with Crippen LogP contribution in [0.25, 0.3) is 0 Å². The topological polar surface area (TPSA) is 76.8 Å². The van der Waals surface area contributed by atoms with Gasteiger partial charge in [-0.25, -0.2) is 4.39 Å². The Balaban J connectivity index is 1.76. The van der Waals surface area contributed by atoms with Gasteiger partial charge in [0.1, 0.15) is 43.0 Å². The number of carbonyl (C=O) groups is 1. The van der Waals surface area contributed by atoms with E-state index in [1.54, 1.807) is 11.8 Å². The molecule has 1 aliphatic rings. The summed E-state index contributed by atoms with van der Waals surface area (Å²) in [5, 5.41) is 1.26. The number of rotatable bonds is 7. The molecule has 35 heavy (non-hydrogen) atoms. The van der Waals surface area contributed by atoms with Crippen LogP contribution in [0.15, 0.2) is 12.1 Å². The van der Waals surface area contributed by atoms with Crippen molar-refractivity contribution in [1.82, 2.24) is 10.2 Å². The predicted octanol–water partition coefficient (Wildman–Crippen LogP) is -2.79. The predicted molar refractivity (Wildman–Crippen MR) is 142 cm³/mol. The molecule has 14 heteroatoms. The van der Waals surface area contributed by atoms with E-state index in [0.29, 0.717) is 24.6 Å². The SMILES string of the molecule is [B]c1c([B])c(C([B])([B])N2CCOC(CNC(=O)c3cc(Cl)c(N)cc3OCC)C2)c([B])c([B])c1F. The summed E-state index contributed by atoms with van der Waals surface area (Å²) in [4.78, 5) is 14.5. The molecule has 3 N–H and O–H groups in total. The van der Waals surface area contributed by atoms with Crippen LogP contribution in [0.5, 0.6) is 5.75 Å². The zero-order chi connectivity index (χ0) is 26.1. The van der Waals surface area contributed by atoms with Gasteiger partial charge >= 0.3 is 0 Å². The lowest BCUT2D eigenvalue weighted by molar-refractivity contribution is -0.0374. The van der Waals surface area contributed by atoms with Crippen molar-refractivity contribution in [1.29, 1.82) is 0 Å². The highest BCUT2D eigenvalue weighted by Crippen LogP contribution is 2.29. The summed E-state index contributed by atoms with van der Waals surface area (Å²) in [5.74, 6) is -1.06. The second-order valence-corrected chi connectivity index (χ2v) is 8.53. The van der Waals surface area contributed by atoms with Crippen LogP contribution in [-0.4, -0.2) is 96.8 Å². The van der Waals surface area contributed by atoms with Crippen LogP contribution in [-0.2, 0) is 10.1 Å². The quantitative estimate of drug-likeness (QED) is 0.331. The molecule has 0 saturated carbocycles. The molecule has 1 amide bonds. The Bertz CT molecular complexity index is 1110. The Kier molecular flexibility index (Phi) is 8.66. The molecule has 1 saturated heterocycles. The molecule has 0 aliphatic carbocycles. The average molecular weight is 481 g/mol. The van der Waals surface area contributed by atoms with Crippen molar-refractivity contribution in [3.8, 4) is 5.75 Å². The largest absolute Gasteiger partial charge is 0.493 e. The van der Waals surface area contributed by atoms with E-state index in [1.807, 2.05) is 0 Å². The van der Waals surface area contributed by atoms with Crippen molar-refractivity contribution in [2.75, 3.05) is 38.6 Å². The first-order chi connectivity index (χ1) is 16.4. The summed E-state index contributed by atoms with van der Waals surface area (Å²) < 4.78 is 25.4. The van der Waals surface area contributed by atoms with E-state index in [1.165, 1.54) is 12.1 Å². The molecule has 3 rings (SSSR count). The van der Waals surface area contributed by atoms with Crippen LogP contribution in [0.4, 0.5) is 10.1 Å². The van der Waals surface area contributed by atoms with Crippen LogP contribution in [0.3, 0.4) is 0 Å². The van der Waals surface area contributed by atoms with Gasteiger partial charge in [-0.2, -0.15) is 0 Å². The molecule has 1 aliphatic heterocycles. The molecule has 1 fully saturated rings. The molecule has 1 unspecified atom stereocenters. The molecule has 2 aromatic rings. The Hall–Kier alpha value is -1.96. The number of nitrogens with two attached hydrogens (primary N) is 1. The fourth-order valence-corrected chi connectivity index (χ4v) is 4.05. The molecule has 0 bridgehead atoms. The number of nitrogens with one attached hydrogen (secondary N) is 1. The molecule has 12 radical (unpaired) electrons. The fraction of sp³-hybridized carbons (Fsp3) is 0.381. The lowest BCUT2D eigenvalue weighted by Gasteiger charge is -2.47. The molecule has 2 aromatic carbocycles. The Morgan fingerprint density at radius 3 is 2.49 bits per heavy atom. The molecular weight excluding hydrogens is 462 g/mol. The molecule has 0 spiro atoms. The van der Waals surface area contributed by atoms with Crippen LogP contribution in [0.2, 0.25) is 5.02 Å². The zero-order valence-electron chi connectivity index (χ0n) is 19.2. The first-order valence-corrected chi connectivity index (χ1v) is 11.1. The minimum Gasteiger partial charge on any atom is -0.493 e. The number of ether oxygens (including phenoxy) is 2. The summed E-state index contributed by atoms with van der Waals surface area (Å²) in [6.45, 7) is 2.95. The van der Waals surface area contributed by atoms with E-state index >= 15 is 0 Å². The minimum absolute atomic E-state index is 0.0106. The Labute approximate surface area is 217 Å². The van der Waals surface area contributed by atoms with Crippen molar-refractivity contribution in [3.63, 3.8) is 0 Å². The number of halogens is 2. The number of carbonyl (C=O) groups excluding carboxylic acids is 1. The maximum absolute atomic E-state index is 14.2. The average Bonchev–Trinajstić information content (AvgIpc) is 2.82. The minimum atomic E-state index is -1.75. The Morgan fingerprint density at radius 2 is 1.89 bits per heavy atom. The van der Waals surface area contributed by atoms with Gasteiger partial charge in [-0.3, -0.25) is 4.79 Å². The van der Waals surface area contributed by atoms with Gasteiger partial charge in [0.05, 0.1) is 51.3 Å². The van der Waals surface area contributed by atoms with E-state index in [-0.39, 0.29) is 46.8 Å². The van der Waals surface area contributed by atoms with Crippen LogP contribution < -0.4 is 37.6 Å². The van der Waals surface area contributed by atoms with Gasteiger partial charge in [-0.05, 0) is 18.3 Å². The lowest BCUT2D eigenvalue weighted by atomic mass is 9.50. The normalized spacial score (nSPS) is 16.7. The molecule has 1 atom stereocenters. The highest BCUT2D eigenvalue weighted by Gasteiger charge is 2.35. The van der Waals surface area contributed by atoms with Gasteiger partial charge in [-0.1, -0.05) is 39.0 Å². The number of hydrogen-bond acceptors (Lipinski definition) is 5. The maximum Gasteiger partial charge on any atom is 0.255 e. The van der Waals surface area contributed by atoms with E-state index in [9.17, 15) is 9.18 Å². The van der Waals surface area contributed by atoms with Crippen LogP contribution in [0, 0.1) is 5.82 Å². The Morgan fingerprint density at radius 1 is 1.26 bits per heavy atom. The van der Waals surface area contributed by atoms with Gasteiger partial charge < -0.3 is 25.4 Å². The van der Waals surface area contributed by atoms with E-state index in [0.717, 1.165) is 0 Å². The third-order valence-electron chi connectivity index (χ3n) is 5.79. The van der Waals surface area contributed by atoms with Crippen molar-refractivity contribution < 1.29 is 18.7 Å². The van der Waals surface area contributed by atoms with Crippen molar-refractivity contribution in [3.05, 3.63) is 34.1 Å². The first-order valence-electron chi connectivity index (χ1n) is 10.8. The van der Waals surface area contributed by atoms with Gasteiger partial charge in [0.25, 0.3) is 5.91 Å². The smallest absolute Gasteiger partial charge is 0.255 e. The third kappa shape index (κ3) is 5.57. The first kappa shape index (κ1) is 27.6. The van der Waals surface area contributed by atoms with Crippen molar-refractivity contribution in [2.45, 2.75) is 18.4 Å². The number of benzene rings is 2. The number of morpholine rings is 1. The van der Waals surface area contributed by atoms with Gasteiger partial charge in [0, 0.05) is 25.7 Å².